The molecule has 0 radical (unpaired) electrons. The first kappa shape index (κ1) is 9.76. The first-order valence-electron chi connectivity index (χ1n) is 3.10. The lowest BCUT2D eigenvalue weighted by molar-refractivity contribution is -0.137. The van der Waals surface area contributed by atoms with E-state index in [0.717, 1.165) is 12.3 Å². The lowest BCUT2D eigenvalue weighted by Crippen LogP contribution is -2.06. The summed E-state index contributed by atoms with van der Waals surface area (Å²) in [7, 11) is 0. The van der Waals surface area contributed by atoms with E-state index in [1.165, 1.54) is 0 Å². The Morgan fingerprint density at radius 1 is 1.42 bits per heavy atom. The Labute approximate surface area is 81.1 Å². The molecule has 0 saturated carbocycles. The fourth-order valence-electron chi connectivity index (χ4n) is 0.661. The molecule has 0 atom stereocenters. The summed E-state index contributed by atoms with van der Waals surface area (Å²) in [6.07, 6.45) is -3.45. The topological polar surface area (TPSA) is 12.9 Å². The summed E-state index contributed by atoms with van der Waals surface area (Å²) in [4.78, 5) is 3.62. The van der Waals surface area contributed by atoms with Gasteiger partial charge >= 0.3 is 6.18 Å². The van der Waals surface area contributed by atoms with E-state index < -0.39 is 11.7 Å². The van der Waals surface area contributed by atoms with Gasteiger partial charge in [-0.25, -0.2) is 0 Å². The zero-order valence-corrected chi connectivity index (χ0v) is 8.27. The van der Waals surface area contributed by atoms with Gasteiger partial charge in [0.05, 0.1) is 11.3 Å². The third-order valence-corrected chi connectivity index (χ3v) is 2.44. The van der Waals surface area contributed by atoms with Gasteiger partial charge < -0.3 is 0 Å². The van der Waals surface area contributed by atoms with E-state index >= 15 is 0 Å². The minimum Gasteiger partial charge on any atom is -0.260 e. The predicted octanol–water partition coefficient (Wildman–Crippen LogP) is 3.01. The van der Waals surface area contributed by atoms with Crippen LogP contribution in [0.25, 0.3) is 0 Å². The Kier molecular flexibility index (Phi) is 2.60. The number of aromatic nitrogens is 1. The molecule has 0 saturated heterocycles. The van der Waals surface area contributed by atoms with Gasteiger partial charge in [0.25, 0.3) is 0 Å². The van der Waals surface area contributed by atoms with Gasteiger partial charge in [0.15, 0.2) is 0 Å². The molecule has 0 amide bonds. The Morgan fingerprint density at radius 3 is 2.42 bits per heavy atom. The van der Waals surface area contributed by atoms with Crippen molar-refractivity contribution in [2.24, 2.45) is 0 Å². The second-order valence-corrected chi connectivity index (χ2v) is 3.45. The maximum Gasteiger partial charge on any atom is 0.417 e. The third kappa shape index (κ3) is 2.09. The van der Waals surface area contributed by atoms with Gasteiger partial charge in [-0.2, -0.15) is 13.2 Å². The average molecular weight is 287 g/mol. The molecule has 66 valence electrons. The van der Waals surface area contributed by atoms with E-state index in [-0.39, 0.29) is 0 Å². The van der Waals surface area contributed by atoms with E-state index in [2.05, 4.69) is 4.98 Å². The summed E-state index contributed by atoms with van der Waals surface area (Å²) in [5.41, 5.74) is -0.0823. The van der Waals surface area contributed by atoms with Crippen LogP contribution in [0.3, 0.4) is 0 Å². The first-order chi connectivity index (χ1) is 5.41. The molecule has 0 aliphatic carbocycles. The van der Waals surface area contributed by atoms with Crippen molar-refractivity contribution in [3.8, 4) is 0 Å². The lowest BCUT2D eigenvalue weighted by atomic mass is 10.2. The zero-order chi connectivity index (χ0) is 9.35. The molecule has 1 rings (SSSR count). The minimum absolute atomic E-state index is 0.530. The van der Waals surface area contributed by atoms with Crippen LogP contribution in [-0.2, 0) is 6.18 Å². The summed E-state index contributed by atoms with van der Waals surface area (Å²) in [6, 6.07) is 1.09. The van der Waals surface area contributed by atoms with E-state index in [4.69, 9.17) is 0 Å². The number of hydrogen-bond donors (Lipinski definition) is 0. The van der Waals surface area contributed by atoms with Crippen LogP contribution < -0.4 is 0 Å². The van der Waals surface area contributed by atoms with Crippen LogP contribution in [0.2, 0.25) is 0 Å². The Morgan fingerprint density at radius 2 is 2.00 bits per heavy atom. The molecule has 0 aliphatic rings. The number of hydrogen-bond acceptors (Lipinski definition) is 1. The third-order valence-electron chi connectivity index (χ3n) is 1.35. The van der Waals surface area contributed by atoms with Gasteiger partial charge in [-0.3, -0.25) is 4.98 Å². The second-order valence-electron chi connectivity index (χ2n) is 2.29. The molecule has 0 aliphatic heterocycles. The zero-order valence-electron chi connectivity index (χ0n) is 6.11. The molecule has 0 aromatic carbocycles. The first-order valence-corrected chi connectivity index (χ1v) is 4.18. The van der Waals surface area contributed by atoms with Gasteiger partial charge in [-0.1, -0.05) is 0 Å². The number of nitrogens with zero attached hydrogens (tertiary/aromatic N) is 1. The predicted molar refractivity (Wildman–Crippen MR) is 46.7 cm³/mol. The van der Waals surface area contributed by atoms with Crippen LogP contribution in [0.5, 0.6) is 0 Å². The smallest absolute Gasteiger partial charge is 0.260 e. The molecule has 0 spiro atoms. The average Bonchev–Trinajstić information content (AvgIpc) is 1.92. The van der Waals surface area contributed by atoms with Crippen LogP contribution in [0, 0.1) is 10.5 Å². The molecule has 0 N–H and O–H groups in total. The Balaban J connectivity index is 3.14. The number of alkyl halides is 3. The van der Waals surface area contributed by atoms with E-state index in [0.29, 0.717) is 9.26 Å². The highest BCUT2D eigenvalue weighted by Gasteiger charge is 2.31. The fourth-order valence-corrected chi connectivity index (χ4v) is 1.14. The van der Waals surface area contributed by atoms with Gasteiger partial charge in [0, 0.05) is 9.77 Å². The van der Waals surface area contributed by atoms with Crippen LogP contribution in [0.4, 0.5) is 13.2 Å². The monoisotopic (exact) mass is 287 g/mol. The summed E-state index contributed by atoms with van der Waals surface area (Å²) in [6.45, 7) is 1.67. The summed E-state index contributed by atoms with van der Waals surface area (Å²) < 4.78 is 36.7. The van der Waals surface area contributed by atoms with E-state index in [9.17, 15) is 13.2 Å². The van der Waals surface area contributed by atoms with Crippen molar-refractivity contribution in [1.82, 2.24) is 4.98 Å². The molecule has 1 heterocycles. The SMILES string of the molecule is Cc1ncc(C(F)(F)F)cc1I. The molecule has 1 aromatic rings. The van der Waals surface area contributed by atoms with Crippen molar-refractivity contribution in [2.45, 2.75) is 13.1 Å². The number of pyridine rings is 1. The molecule has 1 nitrogen and oxygen atoms in total. The maximum absolute atomic E-state index is 12.1. The normalized spacial score (nSPS) is 11.8. The van der Waals surface area contributed by atoms with Gasteiger partial charge in [-0.15, -0.1) is 0 Å². The van der Waals surface area contributed by atoms with Crippen LogP contribution in [0.1, 0.15) is 11.3 Å². The van der Waals surface area contributed by atoms with Gasteiger partial charge in [0.2, 0.25) is 0 Å². The minimum atomic E-state index is -4.29. The molecule has 0 bridgehead atoms. The number of halogens is 4. The van der Waals surface area contributed by atoms with Crippen LogP contribution in [-0.4, -0.2) is 4.98 Å². The van der Waals surface area contributed by atoms with Crippen LogP contribution in [0.15, 0.2) is 12.3 Å². The summed E-state index contributed by atoms with van der Waals surface area (Å²) in [5, 5.41) is 0. The van der Waals surface area contributed by atoms with Crippen molar-refractivity contribution < 1.29 is 13.2 Å². The molecule has 0 fully saturated rings. The van der Waals surface area contributed by atoms with Crippen molar-refractivity contribution in [2.75, 3.05) is 0 Å². The van der Waals surface area contributed by atoms with E-state index in [1.54, 1.807) is 6.92 Å². The van der Waals surface area contributed by atoms with Crippen molar-refractivity contribution >= 4 is 22.6 Å². The van der Waals surface area contributed by atoms with Crippen molar-refractivity contribution in [3.05, 3.63) is 27.1 Å². The number of aryl methyl sites for hydroxylation is 1. The molecule has 12 heavy (non-hydrogen) atoms. The maximum atomic E-state index is 12.1. The molecule has 1 aromatic heterocycles. The largest absolute Gasteiger partial charge is 0.417 e. The second kappa shape index (κ2) is 3.20. The molecule has 5 heteroatoms. The van der Waals surface area contributed by atoms with Gasteiger partial charge in [-0.05, 0) is 35.6 Å². The molecular weight excluding hydrogens is 282 g/mol. The Bertz CT molecular complexity index is 295. The lowest BCUT2D eigenvalue weighted by Gasteiger charge is -2.06. The Hall–Kier alpha value is -0.330. The summed E-state index contributed by atoms with van der Waals surface area (Å²) in [5.74, 6) is 0. The highest BCUT2D eigenvalue weighted by molar-refractivity contribution is 14.1. The highest BCUT2D eigenvalue weighted by atomic mass is 127. The molecular formula is C7H5F3IN. The van der Waals surface area contributed by atoms with Gasteiger partial charge in [0.1, 0.15) is 0 Å². The van der Waals surface area contributed by atoms with Crippen LogP contribution >= 0.6 is 22.6 Å². The van der Waals surface area contributed by atoms with Crippen molar-refractivity contribution in [3.63, 3.8) is 0 Å². The standard InChI is InChI=1S/C7H5F3IN/c1-4-6(11)2-5(3-12-4)7(8,9)10/h2-3H,1H3. The number of rotatable bonds is 0. The fraction of sp³-hybridized carbons (Fsp3) is 0.286. The quantitative estimate of drug-likeness (QED) is 0.668. The summed E-state index contributed by atoms with van der Waals surface area (Å²) >= 11 is 1.83. The van der Waals surface area contributed by atoms with E-state index in [1.807, 2.05) is 22.6 Å². The van der Waals surface area contributed by atoms with Crippen molar-refractivity contribution in [1.29, 1.82) is 0 Å². The highest BCUT2D eigenvalue weighted by Crippen LogP contribution is 2.29. The molecule has 0 unspecified atom stereocenters.